The maximum Gasteiger partial charge on any atom is 0.333 e. The quantitative estimate of drug-likeness (QED) is 0.697. The van der Waals surface area contributed by atoms with E-state index in [0.29, 0.717) is 10.6 Å². The minimum atomic E-state index is -2.85. The van der Waals surface area contributed by atoms with Gasteiger partial charge in [-0.3, -0.25) is 4.79 Å². The Hall–Kier alpha value is -2.74. The second kappa shape index (κ2) is 7.71. The van der Waals surface area contributed by atoms with Gasteiger partial charge in [0, 0.05) is 48.5 Å². The fourth-order valence-corrected chi connectivity index (χ4v) is 3.82. The number of carbonyl (C=O) groups excluding carboxylic acids is 1. The highest BCUT2D eigenvalue weighted by atomic mass is 19.3. The Morgan fingerprint density at radius 3 is 2.89 bits per heavy atom. The summed E-state index contributed by atoms with van der Waals surface area (Å²) in [4.78, 5) is 15.8. The predicted octanol–water partition coefficient (Wildman–Crippen LogP) is 3.89. The lowest BCUT2D eigenvalue weighted by atomic mass is 9.93. The highest BCUT2D eigenvalue weighted by Gasteiger charge is 2.21. The molecular formula is C20H22F2N4O2. The molecule has 1 aliphatic rings. The number of alkyl halides is 2. The number of rotatable bonds is 5. The molecule has 4 rings (SSSR count). The third kappa shape index (κ3) is 3.52. The third-order valence-electron chi connectivity index (χ3n) is 5.33. The van der Waals surface area contributed by atoms with Crippen LogP contribution in [0.15, 0.2) is 30.5 Å². The monoisotopic (exact) mass is 388 g/mol. The van der Waals surface area contributed by atoms with E-state index in [2.05, 4.69) is 22.3 Å². The molecule has 0 saturated carbocycles. The molecule has 8 heteroatoms. The Kier molecular flexibility index (Phi) is 5.13. The van der Waals surface area contributed by atoms with Gasteiger partial charge in [0.25, 0.3) is 5.91 Å². The first-order valence-electron chi connectivity index (χ1n) is 9.33. The normalized spacial score (nSPS) is 15.4. The minimum Gasteiger partial charge on any atom is -0.381 e. The highest BCUT2D eigenvalue weighted by molar-refractivity contribution is 5.92. The van der Waals surface area contributed by atoms with Crippen molar-refractivity contribution >= 4 is 16.8 Å². The molecule has 1 aromatic carbocycles. The van der Waals surface area contributed by atoms with Crippen molar-refractivity contribution in [2.45, 2.75) is 38.8 Å². The number of aromatic amines is 1. The molecule has 3 aromatic rings. The molecule has 1 saturated heterocycles. The molecule has 28 heavy (non-hydrogen) atoms. The number of hydrogen-bond acceptors (Lipinski definition) is 3. The van der Waals surface area contributed by atoms with Gasteiger partial charge in [-0.1, -0.05) is 6.07 Å². The van der Waals surface area contributed by atoms with Gasteiger partial charge in [-0.15, -0.1) is 0 Å². The van der Waals surface area contributed by atoms with Gasteiger partial charge in [0.2, 0.25) is 0 Å². The first-order valence-corrected chi connectivity index (χ1v) is 9.33. The first-order chi connectivity index (χ1) is 13.5. The third-order valence-corrected chi connectivity index (χ3v) is 5.33. The lowest BCUT2D eigenvalue weighted by Gasteiger charge is -2.21. The van der Waals surface area contributed by atoms with Gasteiger partial charge >= 0.3 is 6.55 Å². The average Bonchev–Trinajstić information content (AvgIpc) is 3.32. The SMILES string of the molecule is Cc1c(C2CCOCC2)[nH]c2ccc(CNC(=O)c3ccnn3C(F)F)cc12. The molecule has 1 amide bonds. The van der Waals surface area contributed by atoms with Gasteiger partial charge in [-0.25, -0.2) is 0 Å². The second-order valence-corrected chi connectivity index (χ2v) is 7.05. The van der Waals surface area contributed by atoms with Gasteiger partial charge in [0.1, 0.15) is 5.69 Å². The standard InChI is InChI=1S/C20H22F2N4O2/c1-12-15-10-13(11-23-19(27)17-4-7-24-26(17)20(21)22)2-3-16(15)25-18(12)14-5-8-28-9-6-14/h2-4,7,10,14,20,25H,5-6,8-9,11H2,1H3,(H,23,27). The highest BCUT2D eigenvalue weighted by Crippen LogP contribution is 2.33. The Morgan fingerprint density at radius 2 is 2.14 bits per heavy atom. The van der Waals surface area contributed by atoms with E-state index in [1.54, 1.807) is 0 Å². The van der Waals surface area contributed by atoms with Crippen LogP contribution < -0.4 is 5.32 Å². The van der Waals surface area contributed by atoms with Gasteiger partial charge in [0.05, 0.1) is 0 Å². The summed E-state index contributed by atoms with van der Waals surface area (Å²) in [5, 5.41) is 7.29. The minimum absolute atomic E-state index is 0.157. The summed E-state index contributed by atoms with van der Waals surface area (Å²) >= 11 is 0. The van der Waals surface area contributed by atoms with E-state index in [-0.39, 0.29) is 12.2 Å². The molecule has 2 N–H and O–H groups in total. The van der Waals surface area contributed by atoms with Gasteiger partial charge in [-0.2, -0.15) is 18.6 Å². The fourth-order valence-electron chi connectivity index (χ4n) is 3.82. The summed E-state index contributed by atoms with van der Waals surface area (Å²) in [7, 11) is 0. The van der Waals surface area contributed by atoms with Crippen LogP contribution in [-0.2, 0) is 11.3 Å². The molecule has 2 aromatic heterocycles. The largest absolute Gasteiger partial charge is 0.381 e. The van der Waals surface area contributed by atoms with Crippen molar-refractivity contribution in [1.82, 2.24) is 20.1 Å². The van der Waals surface area contributed by atoms with Crippen molar-refractivity contribution < 1.29 is 18.3 Å². The summed E-state index contributed by atoms with van der Waals surface area (Å²) in [6, 6.07) is 7.24. The number of amides is 1. The van der Waals surface area contributed by atoms with E-state index in [4.69, 9.17) is 4.74 Å². The number of halogens is 2. The number of aromatic nitrogens is 3. The Bertz CT molecular complexity index is 989. The van der Waals surface area contributed by atoms with Crippen molar-refractivity contribution in [1.29, 1.82) is 0 Å². The van der Waals surface area contributed by atoms with Crippen LogP contribution in [0.1, 0.15) is 52.6 Å². The van der Waals surface area contributed by atoms with Crippen molar-refractivity contribution in [3.05, 3.63) is 53.0 Å². The molecular weight excluding hydrogens is 366 g/mol. The van der Waals surface area contributed by atoms with Crippen LogP contribution >= 0.6 is 0 Å². The number of nitrogens with one attached hydrogen (secondary N) is 2. The molecule has 0 unspecified atom stereocenters. The lowest BCUT2D eigenvalue weighted by molar-refractivity contribution is 0.0509. The van der Waals surface area contributed by atoms with Crippen LogP contribution in [-0.4, -0.2) is 33.9 Å². The molecule has 0 aliphatic carbocycles. The van der Waals surface area contributed by atoms with Crippen LogP contribution in [0.2, 0.25) is 0 Å². The summed E-state index contributed by atoms with van der Waals surface area (Å²) in [5.74, 6) is -0.106. The number of aryl methyl sites for hydroxylation is 1. The number of carbonyl (C=O) groups is 1. The number of ether oxygens (including phenoxy) is 1. The van der Waals surface area contributed by atoms with Crippen LogP contribution in [0, 0.1) is 6.92 Å². The maximum absolute atomic E-state index is 12.9. The molecule has 3 heterocycles. The average molecular weight is 388 g/mol. The van der Waals surface area contributed by atoms with Crippen molar-refractivity contribution in [2.24, 2.45) is 0 Å². The Morgan fingerprint density at radius 1 is 1.36 bits per heavy atom. The summed E-state index contributed by atoms with van der Waals surface area (Å²) in [6.45, 7) is 1.07. The second-order valence-electron chi connectivity index (χ2n) is 7.05. The van der Waals surface area contributed by atoms with Crippen LogP contribution in [0.3, 0.4) is 0 Å². The molecule has 0 radical (unpaired) electrons. The van der Waals surface area contributed by atoms with E-state index in [1.165, 1.54) is 23.5 Å². The molecule has 0 bridgehead atoms. The zero-order valence-corrected chi connectivity index (χ0v) is 15.5. The maximum atomic E-state index is 12.9. The number of hydrogen-bond donors (Lipinski definition) is 2. The summed E-state index contributed by atoms with van der Waals surface area (Å²) in [6.07, 6.45) is 3.21. The van der Waals surface area contributed by atoms with Gasteiger partial charge in [-0.05, 0) is 49.1 Å². The van der Waals surface area contributed by atoms with E-state index in [0.717, 1.165) is 42.5 Å². The van der Waals surface area contributed by atoms with E-state index < -0.39 is 12.5 Å². The van der Waals surface area contributed by atoms with Crippen LogP contribution in [0.25, 0.3) is 10.9 Å². The smallest absolute Gasteiger partial charge is 0.333 e. The van der Waals surface area contributed by atoms with E-state index >= 15 is 0 Å². The first kappa shape index (κ1) is 18.6. The van der Waals surface area contributed by atoms with E-state index in [1.807, 2.05) is 18.2 Å². The van der Waals surface area contributed by atoms with E-state index in [9.17, 15) is 13.6 Å². The topological polar surface area (TPSA) is 71.9 Å². The zero-order chi connectivity index (χ0) is 19.7. The summed E-state index contributed by atoms with van der Waals surface area (Å²) < 4.78 is 31.6. The molecule has 0 atom stereocenters. The fraction of sp³-hybridized carbons (Fsp3) is 0.400. The Balaban J connectivity index is 1.51. The van der Waals surface area contributed by atoms with Crippen LogP contribution in [0.5, 0.6) is 0 Å². The Labute approximate surface area is 160 Å². The number of H-pyrrole nitrogens is 1. The van der Waals surface area contributed by atoms with Gasteiger partial charge in [0.15, 0.2) is 0 Å². The van der Waals surface area contributed by atoms with Crippen molar-refractivity contribution in [3.63, 3.8) is 0 Å². The lowest BCUT2D eigenvalue weighted by Crippen LogP contribution is -2.26. The van der Waals surface area contributed by atoms with Gasteiger partial charge < -0.3 is 15.0 Å². The molecule has 0 spiro atoms. The number of fused-ring (bicyclic) bond motifs is 1. The zero-order valence-electron chi connectivity index (χ0n) is 15.5. The van der Waals surface area contributed by atoms with Crippen LogP contribution in [0.4, 0.5) is 8.78 Å². The number of nitrogens with zero attached hydrogens (tertiary/aromatic N) is 2. The van der Waals surface area contributed by atoms with Crippen molar-refractivity contribution in [3.8, 4) is 0 Å². The summed E-state index contributed by atoms with van der Waals surface area (Å²) in [5.41, 5.74) is 4.27. The predicted molar refractivity (Wildman–Crippen MR) is 100 cm³/mol. The molecule has 1 aliphatic heterocycles. The molecule has 148 valence electrons. The van der Waals surface area contributed by atoms with Crippen molar-refractivity contribution in [2.75, 3.05) is 13.2 Å². The number of benzene rings is 1. The molecule has 1 fully saturated rings. The molecule has 6 nitrogen and oxygen atoms in total.